The van der Waals surface area contributed by atoms with Gasteiger partial charge in [-0.1, -0.05) is 0 Å². The van der Waals surface area contributed by atoms with E-state index in [1.807, 2.05) is 6.07 Å². The fourth-order valence-electron chi connectivity index (χ4n) is 1.85. The van der Waals surface area contributed by atoms with Gasteiger partial charge in [0.25, 0.3) is 0 Å². The summed E-state index contributed by atoms with van der Waals surface area (Å²) in [5.74, 6) is 0.677. The van der Waals surface area contributed by atoms with Crippen LogP contribution in [0.2, 0.25) is 0 Å². The number of rotatable bonds is 2. The first-order valence-electron chi connectivity index (χ1n) is 4.57. The monoisotopic (exact) mass is 216 g/mol. The standard InChI is InChI=1S/C10H13ClOS/c1-12-10-5-4-9(13-10)7-2-3-8(11)6-7/h4-5,7-8H,2-3,6H2,1H3. The van der Waals surface area contributed by atoms with Gasteiger partial charge in [0, 0.05) is 10.3 Å². The molecule has 0 saturated heterocycles. The summed E-state index contributed by atoms with van der Waals surface area (Å²) in [6.45, 7) is 0. The zero-order valence-electron chi connectivity index (χ0n) is 7.63. The average Bonchev–Trinajstić information content (AvgIpc) is 2.71. The number of ether oxygens (including phenoxy) is 1. The molecule has 0 spiro atoms. The molecule has 0 bridgehead atoms. The van der Waals surface area contributed by atoms with Gasteiger partial charge in [-0.25, -0.2) is 0 Å². The van der Waals surface area contributed by atoms with Gasteiger partial charge in [-0.3, -0.25) is 0 Å². The van der Waals surface area contributed by atoms with E-state index in [9.17, 15) is 0 Å². The molecule has 1 aliphatic rings. The fraction of sp³-hybridized carbons (Fsp3) is 0.600. The highest BCUT2D eigenvalue weighted by Crippen LogP contribution is 2.41. The topological polar surface area (TPSA) is 9.23 Å². The summed E-state index contributed by atoms with van der Waals surface area (Å²) >= 11 is 7.82. The lowest BCUT2D eigenvalue weighted by molar-refractivity contribution is 0.427. The Morgan fingerprint density at radius 1 is 1.46 bits per heavy atom. The van der Waals surface area contributed by atoms with Crippen LogP contribution in [0.25, 0.3) is 0 Å². The van der Waals surface area contributed by atoms with Gasteiger partial charge in [0.2, 0.25) is 0 Å². The first-order valence-corrected chi connectivity index (χ1v) is 5.82. The molecule has 2 rings (SSSR count). The minimum absolute atomic E-state index is 0.387. The summed E-state index contributed by atoms with van der Waals surface area (Å²) in [5, 5.41) is 1.39. The van der Waals surface area contributed by atoms with E-state index in [2.05, 4.69) is 6.07 Å². The molecule has 2 atom stereocenters. The highest BCUT2D eigenvalue weighted by molar-refractivity contribution is 7.13. The molecule has 1 nitrogen and oxygen atoms in total. The molecule has 1 fully saturated rings. The van der Waals surface area contributed by atoms with Crippen molar-refractivity contribution >= 4 is 22.9 Å². The second kappa shape index (κ2) is 3.89. The SMILES string of the molecule is COc1ccc(C2CCC(Cl)C2)s1. The molecule has 72 valence electrons. The lowest BCUT2D eigenvalue weighted by Crippen LogP contribution is -1.90. The van der Waals surface area contributed by atoms with Gasteiger partial charge in [0.15, 0.2) is 5.06 Å². The van der Waals surface area contributed by atoms with E-state index in [0.717, 1.165) is 17.9 Å². The Balaban J connectivity index is 2.08. The van der Waals surface area contributed by atoms with E-state index < -0.39 is 0 Å². The van der Waals surface area contributed by atoms with Crippen molar-refractivity contribution in [2.75, 3.05) is 7.11 Å². The molecule has 0 amide bonds. The maximum atomic E-state index is 6.07. The molecule has 1 aliphatic carbocycles. The van der Waals surface area contributed by atoms with Crippen LogP contribution in [0, 0.1) is 0 Å². The fourth-order valence-corrected chi connectivity index (χ4v) is 3.16. The molecule has 13 heavy (non-hydrogen) atoms. The maximum absolute atomic E-state index is 6.07. The van der Waals surface area contributed by atoms with Crippen molar-refractivity contribution in [3.8, 4) is 5.06 Å². The second-order valence-electron chi connectivity index (χ2n) is 3.47. The molecule has 2 unspecified atom stereocenters. The van der Waals surface area contributed by atoms with Crippen molar-refractivity contribution in [2.24, 2.45) is 0 Å². The van der Waals surface area contributed by atoms with Crippen LogP contribution < -0.4 is 4.74 Å². The van der Waals surface area contributed by atoms with Gasteiger partial charge in [-0.05, 0) is 37.3 Å². The zero-order valence-corrected chi connectivity index (χ0v) is 9.20. The van der Waals surface area contributed by atoms with Crippen LogP contribution in [0.15, 0.2) is 12.1 Å². The smallest absolute Gasteiger partial charge is 0.173 e. The predicted octanol–water partition coefficient (Wildman–Crippen LogP) is 3.63. The Labute approximate surface area is 87.7 Å². The van der Waals surface area contributed by atoms with Crippen LogP contribution >= 0.6 is 22.9 Å². The molecule has 1 aromatic heterocycles. The molecular weight excluding hydrogens is 204 g/mol. The van der Waals surface area contributed by atoms with Crippen LogP contribution in [0.5, 0.6) is 5.06 Å². The van der Waals surface area contributed by atoms with E-state index in [4.69, 9.17) is 16.3 Å². The van der Waals surface area contributed by atoms with E-state index in [-0.39, 0.29) is 0 Å². The van der Waals surface area contributed by atoms with Crippen molar-refractivity contribution in [1.82, 2.24) is 0 Å². The average molecular weight is 217 g/mol. The summed E-state index contributed by atoms with van der Waals surface area (Å²) in [6.07, 6.45) is 3.52. The van der Waals surface area contributed by atoms with Crippen LogP contribution in [-0.2, 0) is 0 Å². The minimum atomic E-state index is 0.387. The minimum Gasteiger partial charge on any atom is -0.487 e. The molecule has 0 radical (unpaired) electrons. The van der Waals surface area contributed by atoms with Crippen molar-refractivity contribution in [3.05, 3.63) is 17.0 Å². The van der Waals surface area contributed by atoms with Gasteiger partial charge in [0.05, 0.1) is 7.11 Å². The third-order valence-electron chi connectivity index (χ3n) is 2.57. The lowest BCUT2D eigenvalue weighted by atomic mass is 10.1. The largest absolute Gasteiger partial charge is 0.487 e. The van der Waals surface area contributed by atoms with Crippen LogP contribution in [0.3, 0.4) is 0 Å². The van der Waals surface area contributed by atoms with Gasteiger partial charge >= 0.3 is 0 Å². The third kappa shape index (κ3) is 2.00. The molecule has 0 N–H and O–H groups in total. The Kier molecular flexibility index (Phi) is 2.80. The Morgan fingerprint density at radius 2 is 2.31 bits per heavy atom. The third-order valence-corrected chi connectivity index (χ3v) is 4.18. The number of methoxy groups -OCH3 is 1. The Hall–Kier alpha value is -0.210. The van der Waals surface area contributed by atoms with Gasteiger partial charge < -0.3 is 4.74 Å². The normalized spacial score (nSPS) is 27.8. The summed E-state index contributed by atoms with van der Waals surface area (Å²) in [6, 6.07) is 4.21. The van der Waals surface area contributed by atoms with Gasteiger partial charge in [0.1, 0.15) is 0 Å². The van der Waals surface area contributed by atoms with Gasteiger partial charge in [-0.15, -0.1) is 22.9 Å². The quantitative estimate of drug-likeness (QED) is 0.686. The number of thiophene rings is 1. The predicted molar refractivity (Wildman–Crippen MR) is 57.1 cm³/mol. The van der Waals surface area contributed by atoms with Crippen LogP contribution in [-0.4, -0.2) is 12.5 Å². The van der Waals surface area contributed by atoms with Crippen molar-refractivity contribution in [1.29, 1.82) is 0 Å². The molecule has 0 aromatic carbocycles. The van der Waals surface area contributed by atoms with Gasteiger partial charge in [-0.2, -0.15) is 0 Å². The first-order chi connectivity index (χ1) is 6.29. The summed E-state index contributed by atoms with van der Waals surface area (Å²) in [4.78, 5) is 1.43. The van der Waals surface area contributed by atoms with Crippen molar-refractivity contribution in [3.63, 3.8) is 0 Å². The summed E-state index contributed by atoms with van der Waals surface area (Å²) < 4.78 is 5.17. The molecule has 1 saturated carbocycles. The van der Waals surface area contributed by atoms with Crippen molar-refractivity contribution in [2.45, 2.75) is 30.6 Å². The number of hydrogen-bond donors (Lipinski definition) is 0. The number of alkyl halides is 1. The Morgan fingerprint density at radius 3 is 2.85 bits per heavy atom. The van der Waals surface area contributed by atoms with Crippen LogP contribution in [0.1, 0.15) is 30.1 Å². The zero-order chi connectivity index (χ0) is 9.26. The number of hydrogen-bond acceptors (Lipinski definition) is 2. The second-order valence-corrected chi connectivity index (χ2v) is 5.16. The van der Waals surface area contributed by atoms with Crippen LogP contribution in [0.4, 0.5) is 0 Å². The van der Waals surface area contributed by atoms with E-state index in [1.165, 1.54) is 11.3 Å². The summed E-state index contributed by atoms with van der Waals surface area (Å²) in [7, 11) is 1.72. The Bertz CT molecular complexity index is 284. The molecular formula is C10H13ClOS. The highest BCUT2D eigenvalue weighted by Gasteiger charge is 2.25. The van der Waals surface area contributed by atoms with E-state index in [0.29, 0.717) is 11.3 Å². The molecule has 0 aliphatic heterocycles. The summed E-state index contributed by atoms with van der Waals surface area (Å²) in [5.41, 5.74) is 0. The lowest BCUT2D eigenvalue weighted by Gasteiger charge is -2.04. The highest BCUT2D eigenvalue weighted by atomic mass is 35.5. The molecule has 1 heterocycles. The number of halogens is 1. The van der Waals surface area contributed by atoms with Crippen molar-refractivity contribution < 1.29 is 4.74 Å². The van der Waals surface area contributed by atoms with E-state index in [1.54, 1.807) is 18.4 Å². The molecule has 3 heteroatoms. The first kappa shape index (κ1) is 9.35. The maximum Gasteiger partial charge on any atom is 0.173 e. The van der Waals surface area contributed by atoms with E-state index >= 15 is 0 Å². The molecule has 1 aromatic rings.